The summed E-state index contributed by atoms with van der Waals surface area (Å²) in [6.07, 6.45) is 2.89. The van der Waals surface area contributed by atoms with Crippen LogP contribution in [0.3, 0.4) is 0 Å². The van der Waals surface area contributed by atoms with E-state index in [2.05, 4.69) is 38.3 Å². The summed E-state index contributed by atoms with van der Waals surface area (Å²) in [5.41, 5.74) is 9.26. The van der Waals surface area contributed by atoms with Gasteiger partial charge in [-0.25, -0.2) is 9.59 Å². The molecule has 0 unspecified atom stereocenters. The Labute approximate surface area is 240 Å². The van der Waals surface area contributed by atoms with E-state index < -0.39 is 5.60 Å². The molecule has 8 nitrogen and oxygen atoms in total. The van der Waals surface area contributed by atoms with Gasteiger partial charge in [-0.1, -0.05) is 57.2 Å². The SMILES string of the molecule is C[C@H](N(Cc1ccc(NC2CCC(NC(=O)OC(C)(C)C)CC2)c(N)c1)C(=O)OCc1ccccc1)C(C)(C)C. The van der Waals surface area contributed by atoms with Crippen LogP contribution in [0, 0.1) is 5.41 Å². The van der Waals surface area contributed by atoms with Gasteiger partial charge < -0.3 is 30.7 Å². The van der Waals surface area contributed by atoms with Crippen LogP contribution in [-0.2, 0) is 22.6 Å². The summed E-state index contributed by atoms with van der Waals surface area (Å²) < 4.78 is 11.1. The number of alkyl carbamates (subject to hydrolysis) is 1. The molecule has 2 aromatic rings. The van der Waals surface area contributed by atoms with E-state index in [1.165, 1.54) is 0 Å². The van der Waals surface area contributed by atoms with E-state index in [9.17, 15) is 9.59 Å². The second-order valence-corrected chi connectivity index (χ2v) is 13.0. The lowest BCUT2D eigenvalue weighted by molar-refractivity contribution is 0.0491. The minimum atomic E-state index is -0.503. The number of ether oxygens (including phenoxy) is 2. The molecule has 1 aliphatic rings. The van der Waals surface area contributed by atoms with Crippen molar-refractivity contribution in [1.82, 2.24) is 10.2 Å². The molecule has 40 heavy (non-hydrogen) atoms. The highest BCUT2D eigenvalue weighted by molar-refractivity contribution is 5.70. The lowest BCUT2D eigenvalue weighted by atomic mass is 9.87. The maximum absolute atomic E-state index is 13.2. The lowest BCUT2D eigenvalue weighted by Gasteiger charge is -2.37. The molecule has 8 heteroatoms. The van der Waals surface area contributed by atoms with Crippen LogP contribution in [-0.4, -0.2) is 40.8 Å². The highest BCUT2D eigenvalue weighted by atomic mass is 16.6. The topological polar surface area (TPSA) is 106 Å². The van der Waals surface area contributed by atoms with Gasteiger partial charge in [0.05, 0.1) is 11.4 Å². The Balaban J connectivity index is 1.59. The maximum Gasteiger partial charge on any atom is 0.410 e. The Hall–Kier alpha value is -3.42. The molecule has 2 aromatic carbocycles. The van der Waals surface area contributed by atoms with Gasteiger partial charge in [0.2, 0.25) is 0 Å². The van der Waals surface area contributed by atoms with Crippen LogP contribution in [0.4, 0.5) is 21.0 Å². The van der Waals surface area contributed by atoms with E-state index in [0.29, 0.717) is 12.2 Å². The number of benzene rings is 2. The first kappa shape index (κ1) is 31.1. The number of rotatable bonds is 8. The molecule has 0 aliphatic heterocycles. The highest BCUT2D eigenvalue weighted by Gasteiger charge is 2.31. The molecule has 0 radical (unpaired) electrons. The largest absolute Gasteiger partial charge is 0.445 e. The van der Waals surface area contributed by atoms with Crippen molar-refractivity contribution in [1.29, 1.82) is 0 Å². The molecule has 1 fully saturated rings. The Morgan fingerprint density at radius 2 is 1.57 bits per heavy atom. The van der Waals surface area contributed by atoms with Gasteiger partial charge in [-0.2, -0.15) is 0 Å². The number of hydrogen-bond acceptors (Lipinski definition) is 6. The zero-order valence-corrected chi connectivity index (χ0v) is 25.3. The van der Waals surface area contributed by atoms with E-state index in [4.69, 9.17) is 15.2 Å². The van der Waals surface area contributed by atoms with Crippen LogP contribution < -0.4 is 16.4 Å². The van der Waals surface area contributed by atoms with Gasteiger partial charge >= 0.3 is 12.2 Å². The summed E-state index contributed by atoms with van der Waals surface area (Å²) in [5, 5.41) is 6.56. The standard InChI is InChI=1S/C32H48N4O4/c1-22(31(2,3)4)36(30(38)39-21-23-11-9-8-10-12-23)20-24-13-18-28(27(33)19-24)34-25-14-16-26(17-15-25)35-29(37)40-32(5,6)7/h8-13,18-19,22,25-26,34H,14-17,20-21,33H2,1-7H3,(H,35,37)/t22-,25?,26?/m0/s1. The minimum Gasteiger partial charge on any atom is -0.445 e. The van der Waals surface area contributed by atoms with E-state index in [1.807, 2.05) is 69.3 Å². The van der Waals surface area contributed by atoms with Crippen molar-refractivity contribution in [3.8, 4) is 0 Å². The Kier molecular flexibility index (Phi) is 10.3. The molecule has 0 heterocycles. The molecule has 1 atom stereocenters. The van der Waals surface area contributed by atoms with Crippen LogP contribution in [0.15, 0.2) is 48.5 Å². The first-order chi connectivity index (χ1) is 18.7. The molecular weight excluding hydrogens is 504 g/mol. The van der Waals surface area contributed by atoms with Crippen molar-refractivity contribution < 1.29 is 19.1 Å². The quantitative estimate of drug-likeness (QED) is 0.302. The van der Waals surface area contributed by atoms with Crippen LogP contribution in [0.25, 0.3) is 0 Å². The maximum atomic E-state index is 13.2. The predicted octanol–water partition coefficient (Wildman–Crippen LogP) is 7.09. The molecule has 0 bridgehead atoms. The van der Waals surface area contributed by atoms with Gasteiger partial charge in [0.15, 0.2) is 0 Å². The normalized spacial score (nSPS) is 18.4. The summed E-state index contributed by atoms with van der Waals surface area (Å²) in [5.74, 6) is 0. The van der Waals surface area contributed by atoms with Gasteiger partial charge in [0.1, 0.15) is 12.2 Å². The average molecular weight is 553 g/mol. The molecule has 2 amide bonds. The summed E-state index contributed by atoms with van der Waals surface area (Å²) in [7, 11) is 0. The molecule has 4 N–H and O–H groups in total. The molecule has 3 rings (SSSR count). The number of amides is 2. The Morgan fingerprint density at radius 1 is 0.950 bits per heavy atom. The first-order valence-electron chi connectivity index (χ1n) is 14.3. The molecule has 0 saturated heterocycles. The third-order valence-electron chi connectivity index (χ3n) is 7.44. The third kappa shape index (κ3) is 9.65. The first-order valence-corrected chi connectivity index (χ1v) is 14.3. The number of nitrogens with zero attached hydrogens (tertiary/aromatic N) is 1. The third-order valence-corrected chi connectivity index (χ3v) is 7.44. The zero-order valence-electron chi connectivity index (χ0n) is 25.3. The van der Waals surface area contributed by atoms with Gasteiger partial charge in [-0.15, -0.1) is 0 Å². The van der Waals surface area contributed by atoms with Crippen LogP contribution in [0.1, 0.15) is 85.3 Å². The number of anilines is 2. The number of nitrogens with two attached hydrogens (primary N) is 1. The fourth-order valence-electron chi connectivity index (χ4n) is 4.74. The van der Waals surface area contributed by atoms with Crippen molar-refractivity contribution in [3.63, 3.8) is 0 Å². The van der Waals surface area contributed by atoms with Crippen LogP contribution in [0.5, 0.6) is 0 Å². The summed E-state index contributed by atoms with van der Waals surface area (Å²) >= 11 is 0. The average Bonchev–Trinajstić information content (AvgIpc) is 2.87. The van der Waals surface area contributed by atoms with Gasteiger partial charge in [0.25, 0.3) is 0 Å². The van der Waals surface area contributed by atoms with Crippen molar-refractivity contribution in [2.75, 3.05) is 11.1 Å². The number of hydrogen-bond donors (Lipinski definition) is 3. The molecule has 220 valence electrons. The van der Waals surface area contributed by atoms with Gasteiger partial charge in [-0.05, 0) is 82.1 Å². The number of nitrogens with one attached hydrogen (secondary N) is 2. The van der Waals surface area contributed by atoms with E-state index in [1.54, 1.807) is 4.90 Å². The monoisotopic (exact) mass is 552 g/mol. The van der Waals surface area contributed by atoms with Gasteiger partial charge in [-0.3, -0.25) is 0 Å². The van der Waals surface area contributed by atoms with Crippen molar-refractivity contribution in [3.05, 3.63) is 59.7 Å². The van der Waals surface area contributed by atoms with Crippen molar-refractivity contribution in [2.45, 2.75) is 111 Å². The summed E-state index contributed by atoms with van der Waals surface area (Å²) in [6, 6.07) is 16.0. The predicted molar refractivity (Wildman–Crippen MR) is 161 cm³/mol. The molecule has 0 spiro atoms. The number of nitrogen functional groups attached to an aromatic ring is 1. The molecular formula is C32H48N4O4. The summed E-state index contributed by atoms with van der Waals surface area (Å²) in [4.78, 5) is 27.1. The van der Waals surface area contributed by atoms with Crippen LogP contribution in [0.2, 0.25) is 0 Å². The highest BCUT2D eigenvalue weighted by Crippen LogP contribution is 2.30. The second kappa shape index (κ2) is 13.3. The fourth-order valence-corrected chi connectivity index (χ4v) is 4.74. The van der Waals surface area contributed by atoms with Crippen LogP contribution >= 0.6 is 0 Å². The lowest BCUT2D eigenvalue weighted by Crippen LogP contribution is -2.45. The summed E-state index contributed by atoms with van der Waals surface area (Å²) in [6.45, 7) is 14.6. The zero-order chi connectivity index (χ0) is 29.5. The van der Waals surface area contributed by atoms with E-state index >= 15 is 0 Å². The van der Waals surface area contributed by atoms with Crippen molar-refractivity contribution >= 4 is 23.6 Å². The Bertz CT molecular complexity index is 1120. The minimum absolute atomic E-state index is 0.0562. The molecule has 1 aliphatic carbocycles. The smallest absolute Gasteiger partial charge is 0.410 e. The van der Waals surface area contributed by atoms with Crippen molar-refractivity contribution in [2.24, 2.45) is 5.41 Å². The molecule has 0 aromatic heterocycles. The Morgan fingerprint density at radius 3 is 2.15 bits per heavy atom. The fraction of sp³-hybridized carbons (Fsp3) is 0.562. The van der Waals surface area contributed by atoms with E-state index in [0.717, 1.165) is 42.5 Å². The van der Waals surface area contributed by atoms with Gasteiger partial charge in [0, 0.05) is 24.7 Å². The number of carbonyl (C=O) groups excluding carboxylic acids is 2. The molecule has 1 saturated carbocycles. The van der Waals surface area contributed by atoms with E-state index in [-0.39, 0.29) is 42.3 Å². The second-order valence-electron chi connectivity index (χ2n) is 13.0. The number of carbonyl (C=O) groups is 2.